The third-order valence-electron chi connectivity index (χ3n) is 3.06. The Kier molecular flexibility index (Phi) is 5.17. The molecule has 0 unspecified atom stereocenters. The van der Waals surface area contributed by atoms with E-state index in [1.54, 1.807) is 0 Å². The van der Waals surface area contributed by atoms with Gasteiger partial charge in [-0.3, -0.25) is 0 Å². The van der Waals surface area contributed by atoms with Crippen molar-refractivity contribution in [2.45, 2.75) is 26.2 Å². The second kappa shape index (κ2) is 6.88. The van der Waals surface area contributed by atoms with Crippen LogP contribution in [0.15, 0.2) is 46.9 Å². The van der Waals surface area contributed by atoms with E-state index in [0.29, 0.717) is 6.61 Å². The first-order valence-electron chi connectivity index (χ1n) is 6.46. The summed E-state index contributed by atoms with van der Waals surface area (Å²) in [5.41, 5.74) is 8.89. The molecule has 0 aliphatic heterocycles. The molecule has 0 saturated carbocycles. The molecule has 0 saturated heterocycles. The fourth-order valence-electron chi connectivity index (χ4n) is 1.91. The van der Waals surface area contributed by atoms with Crippen LogP contribution in [0.1, 0.15) is 29.7 Å². The average molecular weight is 336 g/mol. The van der Waals surface area contributed by atoms with E-state index in [1.807, 2.05) is 49.4 Å². The monoisotopic (exact) mass is 335 g/mol. The molecule has 0 amide bonds. The van der Waals surface area contributed by atoms with Crippen molar-refractivity contribution in [3.8, 4) is 5.75 Å². The molecule has 0 heterocycles. The molecule has 4 heteroatoms. The summed E-state index contributed by atoms with van der Waals surface area (Å²) < 4.78 is 6.84. The summed E-state index contributed by atoms with van der Waals surface area (Å²) in [6.45, 7) is 2.47. The molecule has 3 N–H and O–H groups in total. The van der Waals surface area contributed by atoms with E-state index in [4.69, 9.17) is 15.6 Å². The Morgan fingerprint density at radius 3 is 2.40 bits per heavy atom. The van der Waals surface area contributed by atoms with Crippen molar-refractivity contribution in [1.82, 2.24) is 0 Å². The molecular weight excluding hydrogens is 318 g/mol. The van der Waals surface area contributed by atoms with Gasteiger partial charge in [-0.15, -0.1) is 0 Å². The number of aliphatic hydroxyl groups excluding tert-OH is 1. The van der Waals surface area contributed by atoms with E-state index in [9.17, 15) is 0 Å². The number of ether oxygens (including phenoxy) is 1. The zero-order valence-corrected chi connectivity index (χ0v) is 12.9. The standard InChI is InChI=1S/C16H18BrNO2/c1-11(18)15-8-14(17)6-7-16(15)20-10-13-4-2-12(9-19)3-5-13/h2-8,11,19H,9-10,18H2,1H3/t11-/m1/s1. The Labute approximate surface area is 127 Å². The topological polar surface area (TPSA) is 55.5 Å². The van der Waals surface area contributed by atoms with Crippen molar-refractivity contribution in [2.75, 3.05) is 0 Å². The Balaban J connectivity index is 2.10. The van der Waals surface area contributed by atoms with Gasteiger partial charge in [-0.2, -0.15) is 0 Å². The van der Waals surface area contributed by atoms with E-state index in [2.05, 4.69) is 15.9 Å². The van der Waals surface area contributed by atoms with Crippen LogP contribution in [0.4, 0.5) is 0 Å². The first kappa shape index (κ1) is 15.0. The molecular formula is C16H18BrNO2. The number of benzene rings is 2. The molecule has 2 aromatic carbocycles. The maximum Gasteiger partial charge on any atom is 0.124 e. The lowest BCUT2D eigenvalue weighted by molar-refractivity contribution is 0.281. The van der Waals surface area contributed by atoms with Crippen LogP contribution in [0.25, 0.3) is 0 Å². The van der Waals surface area contributed by atoms with Crippen LogP contribution in [-0.4, -0.2) is 5.11 Å². The highest BCUT2D eigenvalue weighted by molar-refractivity contribution is 9.10. The lowest BCUT2D eigenvalue weighted by Crippen LogP contribution is -2.08. The molecule has 20 heavy (non-hydrogen) atoms. The van der Waals surface area contributed by atoms with Crippen molar-refractivity contribution in [2.24, 2.45) is 5.73 Å². The summed E-state index contributed by atoms with van der Waals surface area (Å²) in [6, 6.07) is 13.5. The van der Waals surface area contributed by atoms with Gasteiger partial charge in [0.1, 0.15) is 12.4 Å². The fourth-order valence-corrected chi connectivity index (χ4v) is 2.29. The zero-order chi connectivity index (χ0) is 14.5. The molecule has 3 nitrogen and oxygen atoms in total. The third kappa shape index (κ3) is 3.82. The van der Waals surface area contributed by atoms with Crippen molar-refractivity contribution in [1.29, 1.82) is 0 Å². The van der Waals surface area contributed by atoms with E-state index >= 15 is 0 Å². The lowest BCUT2D eigenvalue weighted by Gasteiger charge is -2.14. The minimum Gasteiger partial charge on any atom is -0.489 e. The summed E-state index contributed by atoms with van der Waals surface area (Å²) in [5.74, 6) is 0.800. The number of halogens is 1. The van der Waals surface area contributed by atoms with Gasteiger partial charge in [0.05, 0.1) is 6.61 Å². The predicted octanol–water partition coefficient (Wildman–Crippen LogP) is 3.54. The van der Waals surface area contributed by atoms with E-state index < -0.39 is 0 Å². The highest BCUT2D eigenvalue weighted by atomic mass is 79.9. The van der Waals surface area contributed by atoms with Gasteiger partial charge in [-0.25, -0.2) is 0 Å². The third-order valence-corrected chi connectivity index (χ3v) is 3.56. The Morgan fingerprint density at radius 2 is 1.80 bits per heavy atom. The molecule has 0 aliphatic carbocycles. The summed E-state index contributed by atoms with van der Waals surface area (Å²) in [5, 5.41) is 9.01. The molecule has 0 aliphatic rings. The minimum atomic E-state index is -0.0840. The molecule has 0 fully saturated rings. The Bertz CT molecular complexity index is 567. The lowest BCUT2D eigenvalue weighted by atomic mass is 10.1. The zero-order valence-electron chi connectivity index (χ0n) is 11.3. The van der Waals surface area contributed by atoms with Crippen LogP contribution in [0, 0.1) is 0 Å². The van der Waals surface area contributed by atoms with Gasteiger partial charge in [0.15, 0.2) is 0 Å². The Morgan fingerprint density at radius 1 is 1.15 bits per heavy atom. The van der Waals surface area contributed by atoms with Gasteiger partial charge in [0, 0.05) is 16.1 Å². The van der Waals surface area contributed by atoms with Crippen LogP contribution in [0.2, 0.25) is 0 Å². The summed E-state index contributed by atoms with van der Waals surface area (Å²) >= 11 is 3.44. The van der Waals surface area contributed by atoms with E-state index in [0.717, 1.165) is 26.9 Å². The van der Waals surface area contributed by atoms with Crippen molar-refractivity contribution < 1.29 is 9.84 Å². The number of hydrogen-bond donors (Lipinski definition) is 2. The second-order valence-electron chi connectivity index (χ2n) is 4.73. The highest BCUT2D eigenvalue weighted by Gasteiger charge is 2.09. The van der Waals surface area contributed by atoms with Crippen molar-refractivity contribution >= 4 is 15.9 Å². The minimum absolute atomic E-state index is 0.0582. The molecule has 2 aromatic rings. The molecule has 0 aromatic heterocycles. The second-order valence-corrected chi connectivity index (χ2v) is 5.65. The molecule has 0 bridgehead atoms. The van der Waals surface area contributed by atoms with Crippen LogP contribution >= 0.6 is 15.9 Å². The molecule has 2 rings (SSSR count). The van der Waals surface area contributed by atoms with Crippen molar-refractivity contribution in [3.05, 3.63) is 63.6 Å². The number of hydrogen-bond acceptors (Lipinski definition) is 3. The van der Waals surface area contributed by atoms with Gasteiger partial charge < -0.3 is 15.6 Å². The van der Waals surface area contributed by atoms with Crippen LogP contribution in [0.3, 0.4) is 0 Å². The predicted molar refractivity (Wildman–Crippen MR) is 83.4 cm³/mol. The van der Waals surface area contributed by atoms with Crippen molar-refractivity contribution in [3.63, 3.8) is 0 Å². The number of nitrogens with two attached hydrogens (primary N) is 1. The van der Waals surface area contributed by atoms with Crippen LogP contribution in [-0.2, 0) is 13.2 Å². The number of aliphatic hydroxyl groups is 1. The van der Waals surface area contributed by atoms with Gasteiger partial charge in [0.25, 0.3) is 0 Å². The molecule has 1 atom stereocenters. The molecule has 0 spiro atoms. The van der Waals surface area contributed by atoms with Gasteiger partial charge >= 0.3 is 0 Å². The van der Waals surface area contributed by atoms with Gasteiger partial charge in [-0.05, 0) is 36.2 Å². The quantitative estimate of drug-likeness (QED) is 0.878. The first-order chi connectivity index (χ1) is 9.60. The smallest absolute Gasteiger partial charge is 0.124 e. The first-order valence-corrected chi connectivity index (χ1v) is 7.26. The maximum absolute atomic E-state index is 9.01. The highest BCUT2D eigenvalue weighted by Crippen LogP contribution is 2.28. The maximum atomic E-state index is 9.01. The van der Waals surface area contributed by atoms with Gasteiger partial charge in [0.2, 0.25) is 0 Å². The molecule has 0 radical (unpaired) electrons. The average Bonchev–Trinajstić information content (AvgIpc) is 2.46. The summed E-state index contributed by atoms with van der Waals surface area (Å²) in [6.07, 6.45) is 0. The number of rotatable bonds is 5. The summed E-state index contributed by atoms with van der Waals surface area (Å²) in [4.78, 5) is 0. The van der Waals surface area contributed by atoms with Crippen LogP contribution < -0.4 is 10.5 Å². The fraction of sp³-hybridized carbons (Fsp3) is 0.250. The van der Waals surface area contributed by atoms with E-state index in [1.165, 1.54) is 0 Å². The summed E-state index contributed by atoms with van der Waals surface area (Å²) in [7, 11) is 0. The largest absolute Gasteiger partial charge is 0.489 e. The van der Waals surface area contributed by atoms with E-state index in [-0.39, 0.29) is 12.6 Å². The van der Waals surface area contributed by atoms with Crippen LogP contribution in [0.5, 0.6) is 5.75 Å². The van der Waals surface area contributed by atoms with Gasteiger partial charge in [-0.1, -0.05) is 40.2 Å². The SMILES string of the molecule is C[C@@H](N)c1cc(Br)ccc1OCc1ccc(CO)cc1. The Hall–Kier alpha value is -1.36. The normalized spacial score (nSPS) is 12.2. The molecule has 106 valence electrons.